The van der Waals surface area contributed by atoms with Gasteiger partial charge >= 0.3 is 0 Å². The van der Waals surface area contributed by atoms with E-state index in [1.165, 1.54) is 13.2 Å². The second kappa shape index (κ2) is 10.6. The van der Waals surface area contributed by atoms with Crippen molar-refractivity contribution in [2.24, 2.45) is 5.41 Å². The average Bonchev–Trinajstić information content (AvgIpc) is 2.87. The summed E-state index contributed by atoms with van der Waals surface area (Å²) >= 11 is 0. The maximum atomic E-state index is 14.8. The van der Waals surface area contributed by atoms with Crippen molar-refractivity contribution in [2.45, 2.75) is 69.3 Å². The lowest BCUT2D eigenvalue weighted by Gasteiger charge is -2.40. The highest BCUT2D eigenvalue weighted by molar-refractivity contribution is 7.91. The van der Waals surface area contributed by atoms with E-state index in [0.717, 1.165) is 31.4 Å². The number of benzene rings is 2. The quantitative estimate of drug-likeness (QED) is 0.498. The van der Waals surface area contributed by atoms with Crippen LogP contribution in [0.4, 0.5) is 10.1 Å². The Bertz CT molecular complexity index is 1090. The molecular weight excluding hydrogens is 453 g/mol. The van der Waals surface area contributed by atoms with Gasteiger partial charge in [-0.2, -0.15) is 0 Å². The zero-order chi connectivity index (χ0) is 25.1. The molecule has 1 aliphatic rings. The number of sulfone groups is 1. The molecule has 0 radical (unpaired) electrons. The Morgan fingerprint density at radius 2 is 1.74 bits per heavy atom. The van der Waals surface area contributed by atoms with Gasteiger partial charge in [0.05, 0.1) is 23.9 Å². The molecule has 0 amide bonds. The van der Waals surface area contributed by atoms with Crippen LogP contribution in [0.25, 0.3) is 0 Å². The Balaban J connectivity index is 2.32. The Hall–Kier alpha value is -2.12. The van der Waals surface area contributed by atoms with Crippen molar-refractivity contribution in [1.82, 2.24) is 0 Å². The van der Waals surface area contributed by atoms with Crippen molar-refractivity contribution in [3.05, 3.63) is 53.3 Å². The fourth-order valence-corrected chi connectivity index (χ4v) is 7.46. The number of unbranched alkanes of at least 4 members (excludes halogenated alkanes) is 2. The number of hydrogen-bond donors (Lipinski definition) is 1. The molecule has 0 saturated carbocycles. The van der Waals surface area contributed by atoms with Crippen molar-refractivity contribution >= 4 is 15.5 Å². The number of aliphatic hydroxyl groups is 1. The van der Waals surface area contributed by atoms with E-state index >= 15 is 0 Å². The van der Waals surface area contributed by atoms with Crippen LogP contribution >= 0.6 is 0 Å². The molecule has 2 aromatic rings. The van der Waals surface area contributed by atoms with E-state index in [9.17, 15) is 17.9 Å². The first kappa shape index (κ1) is 26.5. The molecule has 0 bridgehead atoms. The molecule has 0 unspecified atom stereocenters. The molecular formula is C27H38FNO4S. The van der Waals surface area contributed by atoms with E-state index in [1.807, 2.05) is 25.1 Å². The first-order valence-electron chi connectivity index (χ1n) is 12.2. The van der Waals surface area contributed by atoms with Crippen LogP contribution in [0.5, 0.6) is 5.75 Å². The van der Waals surface area contributed by atoms with Crippen molar-refractivity contribution in [2.75, 3.05) is 31.9 Å². The SMILES string of the molecule is CCCCC1(CCCC)CS(=O)(=O)c2ccc(N(C)C)cc2[C@@H](c2ccc(OC)c(F)c2)[C@H]1O. The van der Waals surface area contributed by atoms with E-state index in [0.29, 0.717) is 24.0 Å². The highest BCUT2D eigenvalue weighted by atomic mass is 32.2. The molecule has 0 aliphatic carbocycles. The van der Waals surface area contributed by atoms with Gasteiger partial charge in [-0.05, 0) is 54.3 Å². The highest BCUT2D eigenvalue weighted by Crippen LogP contribution is 2.50. The standard InChI is InChI=1S/C27H38FNO4S/c1-6-8-14-27(15-9-7-2)18-34(31,32)24-13-11-20(29(3)4)17-21(24)25(26(27)30)19-10-12-23(33-5)22(28)16-19/h10-13,16-17,25-26,30H,6-9,14-15,18H2,1-5H3/t25-,26-/m1/s1. The van der Waals surface area contributed by atoms with Gasteiger partial charge in [-0.1, -0.05) is 45.6 Å². The lowest BCUT2D eigenvalue weighted by atomic mass is 9.68. The van der Waals surface area contributed by atoms with Crippen molar-refractivity contribution < 1.29 is 22.7 Å². The summed E-state index contributed by atoms with van der Waals surface area (Å²) in [4.78, 5) is 2.13. The number of nitrogens with zero attached hydrogens (tertiary/aromatic N) is 1. The highest BCUT2D eigenvalue weighted by Gasteiger charge is 2.49. The van der Waals surface area contributed by atoms with Gasteiger partial charge in [-0.15, -0.1) is 0 Å². The first-order valence-corrected chi connectivity index (χ1v) is 13.8. The summed E-state index contributed by atoms with van der Waals surface area (Å²) in [6, 6.07) is 9.94. The summed E-state index contributed by atoms with van der Waals surface area (Å²) in [5.41, 5.74) is 1.09. The monoisotopic (exact) mass is 491 g/mol. The molecule has 1 aliphatic heterocycles. The topological polar surface area (TPSA) is 66.8 Å². The summed E-state index contributed by atoms with van der Waals surface area (Å²) in [5.74, 6) is -1.20. The number of hydrogen-bond acceptors (Lipinski definition) is 5. The maximum absolute atomic E-state index is 14.8. The second-order valence-electron chi connectivity index (χ2n) is 9.76. The molecule has 7 heteroatoms. The summed E-state index contributed by atoms with van der Waals surface area (Å²) in [7, 11) is 1.50. The molecule has 5 nitrogen and oxygen atoms in total. The summed E-state index contributed by atoms with van der Waals surface area (Å²) in [6.07, 6.45) is 3.67. The van der Waals surface area contributed by atoms with Gasteiger partial charge < -0.3 is 14.7 Å². The van der Waals surface area contributed by atoms with Crippen molar-refractivity contribution in [3.63, 3.8) is 0 Å². The van der Waals surface area contributed by atoms with Gasteiger partial charge in [0.1, 0.15) is 0 Å². The molecule has 3 rings (SSSR count). The van der Waals surface area contributed by atoms with Crippen molar-refractivity contribution in [3.8, 4) is 5.75 Å². The van der Waals surface area contributed by atoms with Crippen LogP contribution in [0, 0.1) is 11.2 Å². The molecule has 188 valence electrons. The smallest absolute Gasteiger partial charge is 0.179 e. The number of halogens is 1. The summed E-state index contributed by atoms with van der Waals surface area (Å²) in [5, 5.41) is 12.1. The Labute approximate surface area is 203 Å². The number of anilines is 1. The van der Waals surface area contributed by atoms with E-state index in [4.69, 9.17) is 4.74 Å². The molecule has 0 spiro atoms. The Kier molecular flexibility index (Phi) is 8.30. The minimum atomic E-state index is -3.68. The van der Waals surface area contributed by atoms with Crippen LogP contribution in [-0.4, -0.2) is 46.6 Å². The van der Waals surface area contributed by atoms with Crippen LogP contribution in [0.15, 0.2) is 41.3 Å². The van der Waals surface area contributed by atoms with Crippen LogP contribution < -0.4 is 9.64 Å². The number of aliphatic hydroxyl groups excluding tert-OH is 1. The van der Waals surface area contributed by atoms with E-state index in [2.05, 4.69) is 13.8 Å². The van der Waals surface area contributed by atoms with Gasteiger partial charge in [-0.25, -0.2) is 12.8 Å². The fraction of sp³-hybridized carbons (Fsp3) is 0.556. The normalized spacial score (nSPS) is 20.9. The third-order valence-corrected chi connectivity index (χ3v) is 9.19. The van der Waals surface area contributed by atoms with E-state index < -0.39 is 33.1 Å². The predicted molar refractivity (Wildman–Crippen MR) is 135 cm³/mol. The first-order chi connectivity index (χ1) is 16.1. The van der Waals surface area contributed by atoms with Gasteiger partial charge in [0.15, 0.2) is 21.4 Å². The summed E-state index contributed by atoms with van der Waals surface area (Å²) < 4.78 is 47.5. The lowest BCUT2D eigenvalue weighted by molar-refractivity contribution is 0.0126. The summed E-state index contributed by atoms with van der Waals surface area (Å²) in [6.45, 7) is 4.14. The molecule has 0 aromatic heterocycles. The third-order valence-electron chi connectivity index (χ3n) is 7.19. The molecule has 34 heavy (non-hydrogen) atoms. The van der Waals surface area contributed by atoms with E-state index in [-0.39, 0.29) is 16.4 Å². The number of ether oxygens (including phenoxy) is 1. The van der Waals surface area contributed by atoms with E-state index in [1.54, 1.807) is 24.3 Å². The number of methoxy groups -OCH3 is 1. The molecule has 1 heterocycles. The molecule has 0 saturated heterocycles. The maximum Gasteiger partial charge on any atom is 0.179 e. The average molecular weight is 492 g/mol. The lowest BCUT2D eigenvalue weighted by Crippen LogP contribution is -2.43. The minimum Gasteiger partial charge on any atom is -0.494 e. The molecule has 0 fully saturated rings. The van der Waals surface area contributed by atoms with Crippen LogP contribution in [0.2, 0.25) is 0 Å². The Morgan fingerprint density at radius 3 is 2.26 bits per heavy atom. The van der Waals surface area contributed by atoms with Gasteiger partial charge in [0, 0.05) is 31.1 Å². The van der Waals surface area contributed by atoms with Crippen LogP contribution in [0.3, 0.4) is 0 Å². The number of fused-ring (bicyclic) bond motifs is 1. The second-order valence-corrected chi connectivity index (χ2v) is 11.7. The molecule has 2 atom stereocenters. The number of rotatable bonds is 9. The zero-order valence-electron chi connectivity index (χ0n) is 21.0. The van der Waals surface area contributed by atoms with Crippen LogP contribution in [-0.2, 0) is 9.84 Å². The van der Waals surface area contributed by atoms with Gasteiger partial charge in [0.2, 0.25) is 0 Å². The van der Waals surface area contributed by atoms with Crippen LogP contribution in [0.1, 0.15) is 69.4 Å². The predicted octanol–water partition coefficient (Wildman–Crippen LogP) is 5.55. The van der Waals surface area contributed by atoms with Gasteiger partial charge in [-0.3, -0.25) is 0 Å². The molecule has 1 N–H and O–H groups in total. The largest absolute Gasteiger partial charge is 0.494 e. The minimum absolute atomic E-state index is 0.107. The molecule has 2 aromatic carbocycles. The van der Waals surface area contributed by atoms with Gasteiger partial charge in [0.25, 0.3) is 0 Å². The Morgan fingerprint density at radius 1 is 1.09 bits per heavy atom. The fourth-order valence-electron chi connectivity index (χ4n) is 5.27. The zero-order valence-corrected chi connectivity index (χ0v) is 21.8. The van der Waals surface area contributed by atoms with Crippen molar-refractivity contribution in [1.29, 1.82) is 0 Å². The third kappa shape index (κ3) is 5.10.